The number of halogens is 4. The van der Waals surface area contributed by atoms with Crippen molar-refractivity contribution in [3.63, 3.8) is 0 Å². The molecular weight excluding hydrogens is 713 g/mol. The van der Waals surface area contributed by atoms with Crippen LogP contribution >= 0.6 is 23.2 Å². The normalized spacial score (nSPS) is 16.6. The quantitative estimate of drug-likeness (QED) is 0.142. The van der Waals surface area contributed by atoms with Crippen molar-refractivity contribution >= 4 is 35.1 Å². The summed E-state index contributed by atoms with van der Waals surface area (Å²) in [7, 11) is 0. The Balaban J connectivity index is 0.00000504. The molecule has 1 saturated heterocycles. The van der Waals surface area contributed by atoms with Crippen molar-refractivity contribution in [3.05, 3.63) is 81.1 Å². The van der Waals surface area contributed by atoms with Gasteiger partial charge in [0, 0.05) is 31.6 Å². The zero-order valence-corrected chi connectivity index (χ0v) is 29.3. The number of ether oxygens (including phenoxy) is 6. The molecular formula is C36H40Cl2F2N2O9. The van der Waals surface area contributed by atoms with Crippen LogP contribution in [0, 0.1) is 11.8 Å². The van der Waals surface area contributed by atoms with Gasteiger partial charge in [0.15, 0.2) is 23.9 Å². The topological polar surface area (TPSA) is 137 Å². The van der Waals surface area contributed by atoms with E-state index in [1.54, 1.807) is 18.5 Å². The van der Waals surface area contributed by atoms with Crippen LogP contribution in [0.4, 0.5) is 8.78 Å². The van der Waals surface area contributed by atoms with E-state index in [0.717, 1.165) is 38.8 Å². The summed E-state index contributed by atoms with van der Waals surface area (Å²) < 4.78 is 60.1. The van der Waals surface area contributed by atoms with Crippen LogP contribution in [0.1, 0.15) is 63.6 Å². The van der Waals surface area contributed by atoms with Gasteiger partial charge in [-0.2, -0.15) is 8.78 Å². The summed E-state index contributed by atoms with van der Waals surface area (Å²) in [6, 6.07) is 8.87. The molecule has 3 fully saturated rings. The third-order valence-electron chi connectivity index (χ3n) is 8.71. The number of esters is 2. The van der Waals surface area contributed by atoms with Gasteiger partial charge in [0.05, 0.1) is 32.0 Å². The minimum atomic E-state index is -3.06. The maximum atomic E-state index is 13.8. The third kappa shape index (κ3) is 11.1. The monoisotopic (exact) mass is 752 g/mol. The van der Waals surface area contributed by atoms with Crippen LogP contribution in [-0.4, -0.2) is 81.6 Å². The fourth-order valence-corrected chi connectivity index (χ4v) is 5.94. The minimum Gasteiger partial charge on any atom is -0.870 e. The van der Waals surface area contributed by atoms with Crippen LogP contribution in [-0.2, 0) is 20.6 Å². The van der Waals surface area contributed by atoms with Gasteiger partial charge in [0.25, 0.3) is 0 Å². The molecule has 3 aromatic rings. The molecule has 51 heavy (non-hydrogen) atoms. The van der Waals surface area contributed by atoms with E-state index in [1.807, 2.05) is 0 Å². The summed E-state index contributed by atoms with van der Waals surface area (Å²) in [5.41, 5.74) is 1.10. The van der Waals surface area contributed by atoms with Crippen molar-refractivity contribution in [1.82, 2.24) is 4.90 Å². The fourth-order valence-electron chi connectivity index (χ4n) is 5.41. The number of carbonyl (C=O) groups is 2. The average Bonchev–Trinajstić information content (AvgIpc) is 4.04. The van der Waals surface area contributed by atoms with Gasteiger partial charge in [-0.05, 0) is 73.4 Å². The van der Waals surface area contributed by atoms with Gasteiger partial charge in [-0.25, -0.2) is 14.6 Å². The molecule has 15 heteroatoms. The molecule has 0 spiro atoms. The number of H-pyrrole nitrogens is 1. The van der Waals surface area contributed by atoms with Crippen molar-refractivity contribution in [2.45, 2.75) is 44.8 Å². The first kappa shape index (κ1) is 38.5. The van der Waals surface area contributed by atoms with Gasteiger partial charge < -0.3 is 33.9 Å². The molecule has 3 aliphatic rings. The zero-order chi connectivity index (χ0) is 35.0. The number of nitrogens with one attached hydrogen (secondary N) is 1. The van der Waals surface area contributed by atoms with E-state index >= 15 is 0 Å². The Bertz CT molecular complexity index is 1630. The first-order chi connectivity index (χ1) is 24.2. The van der Waals surface area contributed by atoms with Crippen molar-refractivity contribution < 1.29 is 57.3 Å². The van der Waals surface area contributed by atoms with Gasteiger partial charge in [-0.1, -0.05) is 29.3 Å². The maximum absolute atomic E-state index is 13.8. The molecule has 2 aliphatic carbocycles. The van der Waals surface area contributed by atoms with Crippen molar-refractivity contribution in [1.29, 1.82) is 0 Å². The molecule has 1 atom stereocenters. The average molecular weight is 754 g/mol. The number of rotatable bonds is 17. The van der Waals surface area contributed by atoms with Gasteiger partial charge in [-0.3, -0.25) is 4.90 Å². The highest BCUT2D eigenvalue weighted by Crippen LogP contribution is 2.38. The van der Waals surface area contributed by atoms with Crippen LogP contribution < -0.4 is 19.2 Å². The maximum Gasteiger partial charge on any atom is 0.387 e. The van der Waals surface area contributed by atoms with E-state index in [9.17, 15) is 18.4 Å². The van der Waals surface area contributed by atoms with Gasteiger partial charge in [0.2, 0.25) is 0 Å². The molecule has 276 valence electrons. The van der Waals surface area contributed by atoms with Crippen LogP contribution in [0.15, 0.2) is 48.8 Å². The van der Waals surface area contributed by atoms with Crippen molar-refractivity contribution in [3.8, 4) is 17.2 Å². The van der Waals surface area contributed by atoms with Crippen LogP contribution in [0.5, 0.6) is 17.2 Å². The number of nitrogens with zero attached hydrogens (tertiary/aromatic N) is 1. The standard InChI is InChI=1S/C36H38Cl2F2N2O8.H2O/c37-28-18-41-19-29(38)26(28)17-32(24-5-8-31(50-36(39)40)33(16-24)48-21-23-3-4-23)49-34(43)25-6-7-30(47-20-22-1-2-22)27(15-25)35(44)46-14-11-42-9-12-45-13-10-42;/h5-8,15-16,18-19,22-23,32,36H,1-4,9-14,17,20-21H2;1H2/t32-;/m0./s1. The summed E-state index contributed by atoms with van der Waals surface area (Å²) in [5.74, 6) is -0.355. The number of pyridine rings is 1. The number of morpholine rings is 1. The SMILES string of the molecule is O=C(O[C@@H](Cc1c(Cl)c[nH+]cc1Cl)c1ccc(OC(F)F)c(OCC2CC2)c1)c1ccc(OCC2CC2)c(C(=O)OCCN2CCOCC2)c1.[OH-]. The summed E-state index contributed by atoms with van der Waals surface area (Å²) in [4.78, 5) is 32.2. The van der Waals surface area contributed by atoms with Gasteiger partial charge in [-0.15, -0.1) is 0 Å². The Labute approximate surface area is 304 Å². The predicted octanol–water partition coefficient (Wildman–Crippen LogP) is 6.44. The number of hydrogen-bond donors (Lipinski definition) is 0. The second-order valence-electron chi connectivity index (χ2n) is 12.6. The molecule has 11 nitrogen and oxygen atoms in total. The first-order valence-electron chi connectivity index (χ1n) is 16.7. The van der Waals surface area contributed by atoms with E-state index in [-0.39, 0.29) is 41.1 Å². The highest BCUT2D eigenvalue weighted by atomic mass is 35.5. The molecule has 2 saturated carbocycles. The van der Waals surface area contributed by atoms with Crippen molar-refractivity contribution in [2.75, 3.05) is 52.7 Å². The number of carbonyl (C=O) groups excluding carboxylic acids is 2. The zero-order valence-electron chi connectivity index (χ0n) is 27.8. The Morgan fingerprint density at radius 2 is 1.53 bits per heavy atom. The summed E-state index contributed by atoms with van der Waals surface area (Å²) in [6.45, 7) is 1.19. The Morgan fingerprint density at radius 3 is 2.18 bits per heavy atom. The van der Waals surface area contributed by atoms with E-state index in [2.05, 4.69) is 9.88 Å². The lowest BCUT2D eigenvalue weighted by atomic mass is 10.0. The molecule has 0 amide bonds. The van der Waals surface area contributed by atoms with E-state index in [0.29, 0.717) is 71.7 Å². The molecule has 2 heterocycles. The highest BCUT2D eigenvalue weighted by Gasteiger charge is 2.28. The molecule has 2 N–H and O–H groups in total. The van der Waals surface area contributed by atoms with Crippen molar-refractivity contribution in [2.24, 2.45) is 11.8 Å². The summed E-state index contributed by atoms with van der Waals surface area (Å²) in [5, 5.41) is 0.612. The van der Waals surface area contributed by atoms with E-state index in [1.165, 1.54) is 30.3 Å². The fraction of sp³-hybridized carbons (Fsp3) is 0.472. The molecule has 2 aromatic carbocycles. The first-order valence-corrected chi connectivity index (χ1v) is 17.5. The number of aromatic nitrogens is 1. The summed E-state index contributed by atoms with van der Waals surface area (Å²) in [6.07, 6.45) is 6.21. The number of benzene rings is 2. The third-order valence-corrected chi connectivity index (χ3v) is 9.39. The van der Waals surface area contributed by atoms with Crippen LogP contribution in [0.2, 0.25) is 10.0 Å². The molecule has 1 aliphatic heterocycles. The Kier molecular flexibility index (Phi) is 13.7. The second kappa shape index (κ2) is 18.1. The largest absolute Gasteiger partial charge is 0.870 e. The Hall–Kier alpha value is -3.75. The minimum absolute atomic E-state index is 0. The second-order valence-corrected chi connectivity index (χ2v) is 13.4. The number of alkyl halides is 2. The van der Waals surface area contributed by atoms with E-state index in [4.69, 9.17) is 51.6 Å². The summed E-state index contributed by atoms with van der Waals surface area (Å²) >= 11 is 13.0. The Morgan fingerprint density at radius 1 is 0.882 bits per heavy atom. The lowest BCUT2D eigenvalue weighted by Crippen LogP contribution is -2.38. The number of hydrogen-bond acceptors (Lipinski definition) is 10. The molecule has 0 unspecified atom stereocenters. The van der Waals surface area contributed by atoms with E-state index < -0.39 is 24.7 Å². The van der Waals surface area contributed by atoms with Crippen LogP contribution in [0.25, 0.3) is 0 Å². The lowest BCUT2D eigenvalue weighted by Gasteiger charge is -2.26. The van der Waals surface area contributed by atoms with Crippen LogP contribution in [0.3, 0.4) is 0 Å². The highest BCUT2D eigenvalue weighted by molar-refractivity contribution is 6.35. The lowest BCUT2D eigenvalue weighted by molar-refractivity contribution is -0.377. The van der Waals surface area contributed by atoms with Gasteiger partial charge >= 0.3 is 18.6 Å². The molecule has 0 bridgehead atoms. The molecule has 6 rings (SSSR count). The number of aromatic amines is 1. The smallest absolute Gasteiger partial charge is 0.387 e. The molecule has 0 radical (unpaired) electrons. The van der Waals surface area contributed by atoms with Gasteiger partial charge in [0.1, 0.15) is 34.1 Å². The molecule has 1 aromatic heterocycles. The predicted molar refractivity (Wildman–Crippen MR) is 180 cm³/mol.